The van der Waals surface area contributed by atoms with Crippen molar-refractivity contribution < 1.29 is 14.4 Å². The number of nitrogens with zero attached hydrogens (tertiary/aromatic N) is 1. The number of carbonyl (C=O) groups excluding carboxylic acids is 1. The molecule has 4 nitrogen and oxygen atoms in total. The van der Waals surface area contributed by atoms with Crippen molar-refractivity contribution in [3.05, 3.63) is 41.1 Å². The smallest absolute Gasteiger partial charge is 0.185 e. The summed E-state index contributed by atoms with van der Waals surface area (Å²) in [5, 5.41) is 13.6. The molecule has 2 aromatic rings. The minimum absolute atomic E-state index is 0.0157. The number of aromatic nitrogens is 1. The van der Waals surface area contributed by atoms with Crippen LogP contribution in [0.15, 0.2) is 28.8 Å². The van der Waals surface area contributed by atoms with Gasteiger partial charge < -0.3 is 9.63 Å². The summed E-state index contributed by atoms with van der Waals surface area (Å²) in [4.78, 5) is 12.4. The van der Waals surface area contributed by atoms with Gasteiger partial charge in [-0.15, -0.1) is 0 Å². The first kappa shape index (κ1) is 15.0. The molecule has 1 aliphatic carbocycles. The fourth-order valence-electron chi connectivity index (χ4n) is 3.18. The van der Waals surface area contributed by atoms with Crippen LogP contribution in [-0.4, -0.2) is 16.0 Å². The Morgan fingerprint density at radius 2 is 1.95 bits per heavy atom. The average molecular weight is 299 g/mol. The molecule has 1 fully saturated rings. The van der Waals surface area contributed by atoms with E-state index < -0.39 is 0 Å². The van der Waals surface area contributed by atoms with E-state index in [2.05, 4.69) is 5.16 Å². The van der Waals surface area contributed by atoms with Crippen molar-refractivity contribution >= 4 is 5.78 Å². The van der Waals surface area contributed by atoms with E-state index in [0.29, 0.717) is 29.4 Å². The third-order valence-electron chi connectivity index (χ3n) is 4.47. The van der Waals surface area contributed by atoms with Crippen LogP contribution in [0.5, 0.6) is 0 Å². The summed E-state index contributed by atoms with van der Waals surface area (Å²) >= 11 is 0. The van der Waals surface area contributed by atoms with E-state index in [1.807, 2.05) is 31.2 Å². The Morgan fingerprint density at radius 3 is 2.59 bits per heavy atom. The van der Waals surface area contributed by atoms with Gasteiger partial charge in [0.2, 0.25) is 0 Å². The maximum Gasteiger partial charge on any atom is 0.185 e. The number of carbonyl (C=O) groups is 1. The summed E-state index contributed by atoms with van der Waals surface area (Å²) in [5.41, 5.74) is 2.78. The maximum absolute atomic E-state index is 12.4. The Labute approximate surface area is 130 Å². The van der Waals surface area contributed by atoms with Crippen LogP contribution in [0.2, 0.25) is 0 Å². The summed E-state index contributed by atoms with van der Waals surface area (Å²) in [5.74, 6) is 0.939. The van der Waals surface area contributed by atoms with Gasteiger partial charge in [0.15, 0.2) is 17.2 Å². The van der Waals surface area contributed by atoms with E-state index in [1.54, 1.807) is 0 Å². The fraction of sp³-hybridized carbons (Fsp3) is 0.444. The van der Waals surface area contributed by atoms with Gasteiger partial charge in [-0.25, -0.2) is 0 Å². The third-order valence-corrected chi connectivity index (χ3v) is 4.47. The average Bonchev–Trinajstić information content (AvgIpc) is 3.16. The molecule has 0 spiro atoms. The van der Waals surface area contributed by atoms with E-state index in [0.717, 1.165) is 24.0 Å². The number of aliphatic hydroxyl groups excluding tert-OH is 1. The van der Waals surface area contributed by atoms with E-state index in [1.165, 1.54) is 12.8 Å². The second kappa shape index (κ2) is 6.44. The Bertz CT molecular complexity index is 651. The molecule has 1 heterocycles. The first-order valence-electron chi connectivity index (χ1n) is 7.88. The number of rotatable bonds is 5. The molecule has 0 aliphatic heterocycles. The predicted molar refractivity (Wildman–Crippen MR) is 83.5 cm³/mol. The van der Waals surface area contributed by atoms with Crippen LogP contribution >= 0.6 is 0 Å². The Kier molecular flexibility index (Phi) is 4.39. The summed E-state index contributed by atoms with van der Waals surface area (Å²) in [6.45, 7) is 1.77. The fourth-order valence-corrected chi connectivity index (χ4v) is 3.18. The zero-order valence-electron chi connectivity index (χ0n) is 12.8. The zero-order chi connectivity index (χ0) is 15.5. The Morgan fingerprint density at radius 1 is 1.27 bits per heavy atom. The molecule has 1 N–H and O–H groups in total. The van der Waals surface area contributed by atoms with Gasteiger partial charge in [-0.3, -0.25) is 4.79 Å². The summed E-state index contributed by atoms with van der Waals surface area (Å²) in [7, 11) is 0. The van der Waals surface area contributed by atoms with Gasteiger partial charge in [0.1, 0.15) is 0 Å². The number of aliphatic hydroxyl groups is 1. The second-order valence-electron chi connectivity index (χ2n) is 6.14. The molecule has 1 saturated carbocycles. The first-order chi connectivity index (χ1) is 10.7. The minimum Gasteiger partial charge on any atom is -0.391 e. The first-order valence-corrected chi connectivity index (χ1v) is 7.88. The third kappa shape index (κ3) is 2.97. The molecule has 0 amide bonds. The van der Waals surface area contributed by atoms with Gasteiger partial charge >= 0.3 is 0 Å². The van der Waals surface area contributed by atoms with Crippen LogP contribution in [0.4, 0.5) is 0 Å². The lowest BCUT2D eigenvalue weighted by Gasteiger charge is -2.06. The van der Waals surface area contributed by atoms with Crippen molar-refractivity contribution in [2.45, 2.75) is 45.6 Å². The van der Waals surface area contributed by atoms with Gasteiger partial charge in [-0.05, 0) is 12.8 Å². The number of ketones is 1. The molecule has 0 unspecified atom stereocenters. The van der Waals surface area contributed by atoms with Crippen molar-refractivity contribution in [3.8, 4) is 11.3 Å². The lowest BCUT2D eigenvalue weighted by Crippen LogP contribution is -2.08. The summed E-state index contributed by atoms with van der Waals surface area (Å²) in [6, 6.07) is 7.78. The van der Waals surface area contributed by atoms with E-state index in [-0.39, 0.29) is 12.4 Å². The van der Waals surface area contributed by atoms with Crippen LogP contribution in [-0.2, 0) is 6.61 Å². The van der Waals surface area contributed by atoms with Crippen LogP contribution < -0.4 is 0 Å². The van der Waals surface area contributed by atoms with Crippen molar-refractivity contribution in [3.63, 3.8) is 0 Å². The highest BCUT2D eigenvalue weighted by Crippen LogP contribution is 2.31. The Balaban J connectivity index is 1.86. The monoisotopic (exact) mass is 299 g/mol. The molecule has 3 rings (SSSR count). The van der Waals surface area contributed by atoms with E-state index in [4.69, 9.17) is 4.52 Å². The molecule has 22 heavy (non-hydrogen) atoms. The molecule has 116 valence electrons. The summed E-state index contributed by atoms with van der Waals surface area (Å²) < 4.78 is 5.37. The number of hydrogen-bond donors (Lipinski definition) is 1. The SMILES string of the molecule is Cc1ccc(-c2onc(C(=O)CC3CCCC3)c2CO)cc1. The normalized spacial score (nSPS) is 15.4. The van der Waals surface area contributed by atoms with Gasteiger partial charge in [0, 0.05) is 12.0 Å². The molecule has 1 aromatic carbocycles. The van der Waals surface area contributed by atoms with Crippen LogP contribution in [0.1, 0.15) is 53.7 Å². The highest BCUT2D eigenvalue weighted by molar-refractivity contribution is 5.97. The standard InChI is InChI=1S/C18H21NO3/c1-12-6-8-14(9-7-12)18-15(11-20)17(19-22-18)16(21)10-13-4-2-3-5-13/h6-9,13,20H,2-5,10-11H2,1H3. The molecule has 0 bridgehead atoms. The van der Waals surface area contributed by atoms with Crippen molar-refractivity contribution in [1.82, 2.24) is 5.16 Å². The van der Waals surface area contributed by atoms with Crippen LogP contribution in [0.3, 0.4) is 0 Å². The molecular formula is C18H21NO3. The largest absolute Gasteiger partial charge is 0.391 e. The molecule has 1 aromatic heterocycles. The zero-order valence-corrected chi connectivity index (χ0v) is 12.8. The van der Waals surface area contributed by atoms with Crippen LogP contribution in [0.25, 0.3) is 11.3 Å². The minimum atomic E-state index is -0.238. The molecule has 0 saturated heterocycles. The number of hydrogen-bond acceptors (Lipinski definition) is 4. The predicted octanol–water partition coefficient (Wildman–Crippen LogP) is 3.91. The number of benzene rings is 1. The van der Waals surface area contributed by atoms with E-state index in [9.17, 15) is 9.90 Å². The molecular weight excluding hydrogens is 278 g/mol. The van der Waals surface area contributed by atoms with Crippen molar-refractivity contribution in [2.24, 2.45) is 5.92 Å². The van der Waals surface area contributed by atoms with Gasteiger partial charge in [-0.1, -0.05) is 60.7 Å². The molecule has 4 heteroatoms. The van der Waals surface area contributed by atoms with Gasteiger partial charge in [-0.2, -0.15) is 0 Å². The lowest BCUT2D eigenvalue weighted by atomic mass is 9.97. The number of aryl methyl sites for hydroxylation is 1. The van der Waals surface area contributed by atoms with Gasteiger partial charge in [0.25, 0.3) is 0 Å². The van der Waals surface area contributed by atoms with Crippen molar-refractivity contribution in [1.29, 1.82) is 0 Å². The Hall–Kier alpha value is -1.94. The molecule has 0 atom stereocenters. The summed E-state index contributed by atoms with van der Waals surface area (Å²) in [6.07, 6.45) is 5.15. The van der Waals surface area contributed by atoms with Crippen LogP contribution in [0, 0.1) is 12.8 Å². The highest BCUT2D eigenvalue weighted by Gasteiger charge is 2.25. The van der Waals surface area contributed by atoms with E-state index >= 15 is 0 Å². The highest BCUT2D eigenvalue weighted by atomic mass is 16.5. The maximum atomic E-state index is 12.4. The van der Waals surface area contributed by atoms with Gasteiger partial charge in [0.05, 0.1) is 12.2 Å². The number of Topliss-reactive ketones (excluding diaryl/α,β-unsaturated/α-hetero) is 1. The topological polar surface area (TPSA) is 63.3 Å². The molecule has 1 aliphatic rings. The quantitative estimate of drug-likeness (QED) is 0.850. The van der Waals surface area contributed by atoms with Crippen molar-refractivity contribution in [2.75, 3.05) is 0 Å². The lowest BCUT2D eigenvalue weighted by molar-refractivity contribution is 0.0950. The molecule has 0 radical (unpaired) electrons. The second-order valence-corrected chi connectivity index (χ2v) is 6.14.